The quantitative estimate of drug-likeness (QED) is 0.581. The van der Waals surface area contributed by atoms with Gasteiger partial charge in [-0.3, -0.25) is 15.1 Å². The molecule has 5 unspecified atom stereocenters. The molecule has 9 heteroatoms. The van der Waals surface area contributed by atoms with Crippen molar-refractivity contribution in [1.82, 2.24) is 26.4 Å². The molecule has 3 aliphatic rings. The van der Waals surface area contributed by atoms with Gasteiger partial charge in [-0.15, -0.1) is 12.4 Å². The number of carbonyl (C=O) groups excluding carboxylic acids is 1. The molecule has 4 N–H and O–H groups in total. The molecule has 0 bridgehead atoms. The van der Waals surface area contributed by atoms with E-state index < -0.39 is 5.82 Å². The summed E-state index contributed by atoms with van der Waals surface area (Å²) in [5.74, 6) is 0.156. The summed E-state index contributed by atoms with van der Waals surface area (Å²) in [4.78, 5) is 15.0. The maximum Gasteiger partial charge on any atom is 0.238 e. The molecule has 3 aliphatic heterocycles. The second-order valence-corrected chi connectivity index (χ2v) is 8.33. The first-order valence-electron chi connectivity index (χ1n) is 9.69. The van der Waals surface area contributed by atoms with Gasteiger partial charge in [0.25, 0.3) is 0 Å². The van der Waals surface area contributed by atoms with E-state index in [1.807, 2.05) is 13.1 Å². The Morgan fingerprint density at radius 3 is 2.96 bits per heavy atom. The van der Waals surface area contributed by atoms with Crippen molar-refractivity contribution < 1.29 is 9.18 Å². The number of benzene rings is 1. The number of rotatable bonds is 4. The number of fused-ring (bicyclic) bond motifs is 1. The fourth-order valence-corrected chi connectivity index (χ4v) is 4.90. The van der Waals surface area contributed by atoms with E-state index in [2.05, 4.69) is 26.4 Å². The van der Waals surface area contributed by atoms with Crippen LogP contribution in [0, 0.1) is 17.7 Å². The molecule has 1 amide bonds. The highest BCUT2D eigenvalue weighted by atomic mass is 35.5. The normalized spacial score (nSPS) is 32.6. The number of hydrogen-bond donors (Lipinski definition) is 4. The number of piperidine rings is 1. The Labute approximate surface area is 176 Å². The smallest absolute Gasteiger partial charge is 0.238 e. The van der Waals surface area contributed by atoms with Gasteiger partial charge in [0.15, 0.2) is 0 Å². The van der Waals surface area contributed by atoms with E-state index in [0.717, 1.165) is 38.0 Å². The highest BCUT2D eigenvalue weighted by Crippen LogP contribution is 2.36. The minimum Gasteiger partial charge on any atom is -0.354 e. The van der Waals surface area contributed by atoms with Gasteiger partial charge < -0.3 is 10.6 Å². The number of nitrogens with zero attached hydrogens (tertiary/aromatic N) is 1. The van der Waals surface area contributed by atoms with Crippen molar-refractivity contribution in [2.75, 3.05) is 33.2 Å². The third-order valence-corrected chi connectivity index (χ3v) is 6.57. The summed E-state index contributed by atoms with van der Waals surface area (Å²) in [6.45, 7) is 3.34. The van der Waals surface area contributed by atoms with Crippen molar-refractivity contribution in [3.8, 4) is 0 Å². The Kier molecular flexibility index (Phi) is 7.17. The summed E-state index contributed by atoms with van der Waals surface area (Å²) in [6, 6.07) is 5.23. The molecule has 0 radical (unpaired) electrons. The van der Waals surface area contributed by atoms with Gasteiger partial charge in [0.2, 0.25) is 5.91 Å². The fourth-order valence-electron chi connectivity index (χ4n) is 4.78. The standard InChI is InChI=1S/C19H27ClFN5O.ClH/c1-26-7-5-12(18(26)11-2-3-14(20)15(21)8-11)9-23-19(27)17-13-10-22-6-4-16(13)24-25-17;/h2-3,8,12-13,16-18,22,24-25H,4-7,9-10H2,1H3,(H,23,27);1H. The number of amides is 1. The lowest BCUT2D eigenvalue weighted by atomic mass is 9.88. The van der Waals surface area contributed by atoms with Crippen molar-refractivity contribution in [2.45, 2.75) is 31.0 Å². The fraction of sp³-hybridized carbons (Fsp3) is 0.632. The molecule has 4 rings (SSSR count). The van der Waals surface area contributed by atoms with Crippen molar-refractivity contribution in [1.29, 1.82) is 0 Å². The van der Waals surface area contributed by atoms with Crippen molar-refractivity contribution in [3.63, 3.8) is 0 Å². The van der Waals surface area contributed by atoms with E-state index >= 15 is 0 Å². The average molecular weight is 432 g/mol. The zero-order chi connectivity index (χ0) is 19.0. The summed E-state index contributed by atoms with van der Waals surface area (Å²) in [7, 11) is 2.04. The summed E-state index contributed by atoms with van der Waals surface area (Å²) in [6.07, 6.45) is 1.99. The Balaban J connectivity index is 0.00000225. The van der Waals surface area contributed by atoms with Crippen LogP contribution in [0.5, 0.6) is 0 Å². The number of hydrogen-bond acceptors (Lipinski definition) is 5. The number of nitrogens with one attached hydrogen (secondary N) is 4. The molecule has 3 saturated heterocycles. The maximum atomic E-state index is 13.9. The summed E-state index contributed by atoms with van der Waals surface area (Å²) in [5, 5.41) is 6.64. The zero-order valence-corrected chi connectivity index (χ0v) is 17.5. The van der Waals surface area contributed by atoms with Crippen molar-refractivity contribution in [3.05, 3.63) is 34.6 Å². The molecule has 3 fully saturated rings. The topological polar surface area (TPSA) is 68.4 Å². The summed E-state index contributed by atoms with van der Waals surface area (Å²) < 4.78 is 13.9. The van der Waals surface area contributed by atoms with Gasteiger partial charge in [0, 0.05) is 31.1 Å². The average Bonchev–Trinajstić information content (AvgIpc) is 3.26. The van der Waals surface area contributed by atoms with E-state index in [-0.39, 0.29) is 47.3 Å². The van der Waals surface area contributed by atoms with Gasteiger partial charge in [-0.2, -0.15) is 0 Å². The van der Waals surface area contributed by atoms with E-state index in [4.69, 9.17) is 11.6 Å². The number of hydrazine groups is 1. The Morgan fingerprint density at radius 1 is 1.36 bits per heavy atom. The van der Waals surface area contributed by atoms with Crippen molar-refractivity contribution >= 4 is 29.9 Å². The number of halogens is 3. The Morgan fingerprint density at radius 2 is 2.18 bits per heavy atom. The SMILES string of the molecule is CN1CCC(CNC(=O)C2NNC3CCNCC32)C1c1ccc(Cl)c(F)c1.Cl. The van der Waals surface area contributed by atoms with Crippen LogP contribution in [0.2, 0.25) is 5.02 Å². The molecule has 0 aromatic heterocycles. The van der Waals surface area contributed by atoms with Crippen LogP contribution in [-0.4, -0.2) is 56.1 Å². The van der Waals surface area contributed by atoms with Gasteiger partial charge in [-0.1, -0.05) is 17.7 Å². The van der Waals surface area contributed by atoms with Crippen LogP contribution in [0.1, 0.15) is 24.4 Å². The second-order valence-electron chi connectivity index (χ2n) is 7.92. The van der Waals surface area contributed by atoms with E-state index in [1.54, 1.807) is 6.07 Å². The Hall–Kier alpha value is -0.960. The molecular weight excluding hydrogens is 404 g/mol. The Bertz CT molecular complexity index is 709. The number of carbonyl (C=O) groups is 1. The van der Waals surface area contributed by atoms with Gasteiger partial charge in [-0.05, 0) is 56.6 Å². The van der Waals surface area contributed by atoms with Crippen LogP contribution < -0.4 is 21.5 Å². The van der Waals surface area contributed by atoms with Gasteiger partial charge in [0.05, 0.1) is 5.02 Å². The lowest BCUT2D eigenvalue weighted by Crippen LogP contribution is -2.50. The molecule has 28 heavy (non-hydrogen) atoms. The van der Waals surface area contributed by atoms with Gasteiger partial charge in [-0.25, -0.2) is 9.82 Å². The minimum absolute atomic E-state index is 0. The van der Waals surface area contributed by atoms with Crippen LogP contribution in [0.25, 0.3) is 0 Å². The predicted octanol–water partition coefficient (Wildman–Crippen LogP) is 1.46. The lowest BCUT2D eigenvalue weighted by Gasteiger charge is -2.29. The van der Waals surface area contributed by atoms with Crippen molar-refractivity contribution in [2.24, 2.45) is 11.8 Å². The van der Waals surface area contributed by atoms with E-state index in [9.17, 15) is 9.18 Å². The first kappa shape index (κ1) is 21.7. The third-order valence-electron chi connectivity index (χ3n) is 6.26. The van der Waals surface area contributed by atoms with Crippen LogP contribution in [0.4, 0.5) is 4.39 Å². The molecule has 0 aliphatic carbocycles. The maximum absolute atomic E-state index is 13.9. The number of likely N-dealkylation sites (tertiary alicyclic amines) is 1. The first-order chi connectivity index (χ1) is 13.0. The molecular formula is C19H28Cl2FN5O. The van der Waals surface area contributed by atoms with E-state index in [0.29, 0.717) is 12.6 Å². The first-order valence-corrected chi connectivity index (χ1v) is 10.1. The largest absolute Gasteiger partial charge is 0.354 e. The van der Waals surface area contributed by atoms with Crippen LogP contribution in [0.3, 0.4) is 0 Å². The highest BCUT2D eigenvalue weighted by Gasteiger charge is 2.41. The molecule has 0 spiro atoms. The van der Waals surface area contributed by atoms with Crippen LogP contribution >= 0.6 is 24.0 Å². The van der Waals surface area contributed by atoms with Crippen LogP contribution in [-0.2, 0) is 4.79 Å². The zero-order valence-electron chi connectivity index (χ0n) is 15.9. The third kappa shape index (κ3) is 4.30. The predicted molar refractivity (Wildman–Crippen MR) is 110 cm³/mol. The lowest BCUT2D eigenvalue weighted by molar-refractivity contribution is -0.124. The summed E-state index contributed by atoms with van der Waals surface area (Å²) in [5.41, 5.74) is 7.33. The molecule has 1 aromatic carbocycles. The summed E-state index contributed by atoms with van der Waals surface area (Å²) >= 11 is 5.83. The highest BCUT2D eigenvalue weighted by molar-refractivity contribution is 6.30. The molecule has 156 valence electrons. The molecule has 5 atom stereocenters. The molecule has 1 aromatic rings. The monoisotopic (exact) mass is 431 g/mol. The van der Waals surface area contributed by atoms with E-state index in [1.165, 1.54) is 6.07 Å². The van der Waals surface area contributed by atoms with Crippen LogP contribution in [0.15, 0.2) is 18.2 Å². The molecule has 0 saturated carbocycles. The molecule has 3 heterocycles. The van der Waals surface area contributed by atoms with Gasteiger partial charge in [0.1, 0.15) is 11.9 Å². The van der Waals surface area contributed by atoms with Gasteiger partial charge >= 0.3 is 0 Å². The molecule has 6 nitrogen and oxygen atoms in total. The minimum atomic E-state index is -0.394. The second kappa shape index (κ2) is 9.24.